The highest BCUT2D eigenvalue weighted by atomic mass is 16.2. The average molecular weight is 251 g/mol. The van der Waals surface area contributed by atoms with Crippen molar-refractivity contribution in [2.45, 2.75) is 19.8 Å². The first-order valence-electron chi connectivity index (χ1n) is 6.39. The third-order valence-corrected chi connectivity index (χ3v) is 3.40. The van der Waals surface area contributed by atoms with Crippen LogP contribution in [-0.2, 0) is 7.05 Å². The Balaban J connectivity index is 1.87. The minimum atomic E-state index is -0.144. The largest absolute Gasteiger partial charge is 0.395 e. The van der Waals surface area contributed by atoms with Crippen LogP contribution in [0.25, 0.3) is 0 Å². The Morgan fingerprint density at radius 1 is 1.44 bits per heavy atom. The van der Waals surface area contributed by atoms with Crippen LogP contribution in [0.4, 0.5) is 5.69 Å². The standard InChI is InChI=1S/C12H21N5O/c1-9-10(13)11(16(2)15-9)12(18)14-5-8-17-6-3-4-7-17/h3-8,13H2,1-2H3,(H,14,18). The number of nitrogens with two attached hydrogens (primary N) is 1. The number of aryl methyl sites for hydroxylation is 2. The van der Waals surface area contributed by atoms with Gasteiger partial charge in [-0.15, -0.1) is 0 Å². The van der Waals surface area contributed by atoms with Gasteiger partial charge in [-0.1, -0.05) is 0 Å². The Morgan fingerprint density at radius 2 is 2.11 bits per heavy atom. The molecule has 0 atom stereocenters. The summed E-state index contributed by atoms with van der Waals surface area (Å²) in [5, 5.41) is 7.04. The molecule has 0 aromatic carbocycles. The highest BCUT2D eigenvalue weighted by Gasteiger charge is 2.18. The lowest BCUT2D eigenvalue weighted by atomic mass is 10.3. The van der Waals surface area contributed by atoms with Gasteiger partial charge in [0, 0.05) is 20.1 Å². The van der Waals surface area contributed by atoms with Crippen molar-refractivity contribution < 1.29 is 4.79 Å². The van der Waals surface area contributed by atoms with Gasteiger partial charge in [0.05, 0.1) is 11.4 Å². The van der Waals surface area contributed by atoms with Crippen LogP contribution in [0.3, 0.4) is 0 Å². The van der Waals surface area contributed by atoms with E-state index >= 15 is 0 Å². The zero-order valence-corrected chi connectivity index (χ0v) is 11.1. The van der Waals surface area contributed by atoms with Gasteiger partial charge in [0.1, 0.15) is 5.69 Å². The lowest BCUT2D eigenvalue weighted by Gasteiger charge is -2.14. The molecule has 0 radical (unpaired) electrons. The van der Waals surface area contributed by atoms with Crippen LogP contribution in [0.15, 0.2) is 0 Å². The van der Waals surface area contributed by atoms with E-state index in [1.807, 2.05) is 0 Å². The SMILES string of the molecule is Cc1nn(C)c(C(=O)NCCN2CCCC2)c1N. The molecule has 100 valence electrons. The molecule has 6 heteroatoms. The van der Waals surface area contributed by atoms with Gasteiger partial charge in [0.2, 0.25) is 0 Å². The van der Waals surface area contributed by atoms with Crippen LogP contribution in [0.5, 0.6) is 0 Å². The summed E-state index contributed by atoms with van der Waals surface area (Å²) >= 11 is 0. The zero-order valence-electron chi connectivity index (χ0n) is 11.1. The van der Waals surface area contributed by atoms with Crippen molar-refractivity contribution in [1.82, 2.24) is 20.0 Å². The third kappa shape index (κ3) is 2.64. The number of likely N-dealkylation sites (tertiary alicyclic amines) is 1. The van der Waals surface area contributed by atoms with Gasteiger partial charge in [0.15, 0.2) is 0 Å². The lowest BCUT2D eigenvalue weighted by molar-refractivity contribution is 0.0941. The van der Waals surface area contributed by atoms with Crippen molar-refractivity contribution in [1.29, 1.82) is 0 Å². The van der Waals surface area contributed by atoms with E-state index in [9.17, 15) is 4.79 Å². The van der Waals surface area contributed by atoms with Crippen molar-refractivity contribution in [2.75, 3.05) is 31.9 Å². The van der Waals surface area contributed by atoms with Gasteiger partial charge in [-0.2, -0.15) is 5.10 Å². The highest BCUT2D eigenvalue weighted by molar-refractivity contribution is 5.97. The fourth-order valence-corrected chi connectivity index (χ4v) is 2.36. The number of carbonyl (C=O) groups is 1. The first-order valence-corrected chi connectivity index (χ1v) is 6.39. The predicted octanol–water partition coefficient (Wildman–Crippen LogP) is 0.136. The van der Waals surface area contributed by atoms with E-state index in [2.05, 4.69) is 15.3 Å². The number of aromatic nitrogens is 2. The van der Waals surface area contributed by atoms with E-state index in [1.165, 1.54) is 17.5 Å². The molecule has 18 heavy (non-hydrogen) atoms. The summed E-state index contributed by atoms with van der Waals surface area (Å²) in [6.07, 6.45) is 2.53. The second-order valence-electron chi connectivity index (χ2n) is 4.78. The zero-order chi connectivity index (χ0) is 13.1. The summed E-state index contributed by atoms with van der Waals surface area (Å²) in [5.41, 5.74) is 7.46. The first-order chi connectivity index (χ1) is 8.59. The molecule has 1 saturated heterocycles. The number of nitrogens with one attached hydrogen (secondary N) is 1. The normalized spacial score (nSPS) is 16.1. The van der Waals surface area contributed by atoms with Crippen LogP contribution in [0, 0.1) is 6.92 Å². The summed E-state index contributed by atoms with van der Waals surface area (Å²) in [7, 11) is 1.73. The second kappa shape index (κ2) is 5.39. The third-order valence-electron chi connectivity index (χ3n) is 3.40. The average Bonchev–Trinajstić information content (AvgIpc) is 2.89. The molecular formula is C12H21N5O. The fourth-order valence-electron chi connectivity index (χ4n) is 2.36. The van der Waals surface area contributed by atoms with E-state index in [-0.39, 0.29) is 5.91 Å². The fraction of sp³-hybridized carbons (Fsp3) is 0.667. The maximum Gasteiger partial charge on any atom is 0.271 e. The molecule has 0 saturated carbocycles. The molecule has 1 aliphatic rings. The molecule has 3 N–H and O–H groups in total. The van der Waals surface area contributed by atoms with Crippen molar-refractivity contribution in [3.63, 3.8) is 0 Å². The molecule has 0 aliphatic carbocycles. The van der Waals surface area contributed by atoms with Crippen molar-refractivity contribution in [3.8, 4) is 0 Å². The first kappa shape index (κ1) is 12.9. The Kier molecular flexibility index (Phi) is 3.86. The summed E-state index contributed by atoms with van der Waals surface area (Å²) in [6.45, 7) is 5.65. The number of amides is 1. The number of hydrogen-bond donors (Lipinski definition) is 2. The monoisotopic (exact) mass is 251 g/mol. The maximum absolute atomic E-state index is 12.0. The number of anilines is 1. The Bertz CT molecular complexity index is 434. The molecule has 1 aliphatic heterocycles. The Hall–Kier alpha value is -1.56. The number of hydrogen-bond acceptors (Lipinski definition) is 4. The molecule has 2 rings (SSSR count). The second-order valence-corrected chi connectivity index (χ2v) is 4.78. The Labute approximate surface area is 107 Å². The highest BCUT2D eigenvalue weighted by Crippen LogP contribution is 2.14. The van der Waals surface area contributed by atoms with Crippen LogP contribution >= 0.6 is 0 Å². The molecule has 0 spiro atoms. The van der Waals surface area contributed by atoms with Crippen molar-refractivity contribution >= 4 is 11.6 Å². The summed E-state index contributed by atoms with van der Waals surface area (Å²) in [6, 6.07) is 0. The van der Waals surface area contributed by atoms with Crippen molar-refractivity contribution in [2.24, 2.45) is 7.05 Å². The van der Waals surface area contributed by atoms with Gasteiger partial charge in [0.25, 0.3) is 5.91 Å². The molecule has 2 heterocycles. The van der Waals surface area contributed by atoms with Crippen LogP contribution < -0.4 is 11.1 Å². The summed E-state index contributed by atoms with van der Waals surface area (Å²) in [4.78, 5) is 14.4. The molecule has 6 nitrogen and oxygen atoms in total. The van der Waals surface area contributed by atoms with Gasteiger partial charge in [-0.3, -0.25) is 9.48 Å². The van der Waals surface area contributed by atoms with Gasteiger partial charge < -0.3 is 16.0 Å². The molecule has 1 aromatic heterocycles. The molecule has 0 bridgehead atoms. The van der Waals surface area contributed by atoms with Crippen molar-refractivity contribution in [3.05, 3.63) is 11.4 Å². The number of rotatable bonds is 4. The summed E-state index contributed by atoms with van der Waals surface area (Å²) in [5.74, 6) is -0.144. The molecular weight excluding hydrogens is 230 g/mol. The van der Waals surface area contributed by atoms with E-state index in [1.54, 1.807) is 14.0 Å². The maximum atomic E-state index is 12.0. The van der Waals surface area contributed by atoms with Crippen LogP contribution in [0.1, 0.15) is 29.0 Å². The van der Waals surface area contributed by atoms with E-state index in [4.69, 9.17) is 5.73 Å². The van der Waals surface area contributed by atoms with Crippen LogP contribution in [-0.4, -0.2) is 46.8 Å². The Morgan fingerprint density at radius 3 is 2.67 bits per heavy atom. The smallest absolute Gasteiger partial charge is 0.271 e. The predicted molar refractivity (Wildman–Crippen MR) is 70.4 cm³/mol. The van der Waals surface area contributed by atoms with Gasteiger partial charge >= 0.3 is 0 Å². The van der Waals surface area contributed by atoms with Gasteiger partial charge in [-0.25, -0.2) is 0 Å². The number of nitrogen functional groups attached to an aromatic ring is 1. The van der Waals surface area contributed by atoms with Gasteiger partial charge in [-0.05, 0) is 32.9 Å². The topological polar surface area (TPSA) is 76.2 Å². The quantitative estimate of drug-likeness (QED) is 0.798. The number of nitrogens with zero attached hydrogens (tertiary/aromatic N) is 3. The molecule has 1 fully saturated rings. The van der Waals surface area contributed by atoms with E-state index in [0.29, 0.717) is 23.6 Å². The minimum Gasteiger partial charge on any atom is -0.395 e. The van der Waals surface area contributed by atoms with Crippen LogP contribution in [0.2, 0.25) is 0 Å². The molecule has 0 unspecified atom stereocenters. The lowest BCUT2D eigenvalue weighted by Crippen LogP contribution is -2.34. The van der Waals surface area contributed by atoms with E-state index < -0.39 is 0 Å². The molecule has 1 amide bonds. The minimum absolute atomic E-state index is 0.144. The summed E-state index contributed by atoms with van der Waals surface area (Å²) < 4.78 is 1.54. The molecule has 1 aromatic rings. The number of carbonyl (C=O) groups excluding carboxylic acids is 1. The van der Waals surface area contributed by atoms with E-state index in [0.717, 1.165) is 19.6 Å².